The van der Waals surface area contributed by atoms with Gasteiger partial charge in [0.25, 0.3) is 0 Å². The Kier molecular flexibility index (Phi) is 5.83. The second-order valence-corrected chi connectivity index (χ2v) is 14.1. The lowest BCUT2D eigenvalue weighted by atomic mass is 10.0. The molecule has 50 heavy (non-hydrogen) atoms. The summed E-state index contributed by atoms with van der Waals surface area (Å²) in [4.78, 5) is 10.7. The molecule has 0 aliphatic carbocycles. The number of benzene rings is 8. The molecule has 232 valence electrons. The minimum absolute atomic E-state index is 0.670. The molecule has 11 aromatic rings. The van der Waals surface area contributed by atoms with Crippen molar-refractivity contribution in [2.45, 2.75) is 0 Å². The minimum Gasteiger partial charge on any atom is -0.278 e. The van der Waals surface area contributed by atoms with E-state index < -0.39 is 0 Å². The van der Waals surface area contributed by atoms with E-state index in [0.717, 1.165) is 33.2 Å². The largest absolute Gasteiger partial charge is 0.278 e. The van der Waals surface area contributed by atoms with Crippen molar-refractivity contribution >= 4 is 85.8 Å². The van der Waals surface area contributed by atoms with Crippen molar-refractivity contribution in [1.29, 1.82) is 0 Å². The lowest BCUT2D eigenvalue weighted by molar-refractivity contribution is 1.01. The first kappa shape index (κ1) is 27.6. The minimum atomic E-state index is 0.670. The maximum atomic E-state index is 5.44. The monoisotopic (exact) mass is 653 g/mol. The van der Waals surface area contributed by atoms with Crippen LogP contribution in [0.5, 0.6) is 0 Å². The SMILES string of the molecule is c1ccc(-c2ccc3c(c2)c2cc4ccccc4cc2n3-c2nc(-c3ccc4c(c3)sc3cc5ccccc5cc34)c3ccccc3n2)cc1. The van der Waals surface area contributed by atoms with Gasteiger partial charge in [0, 0.05) is 41.9 Å². The maximum absolute atomic E-state index is 5.44. The van der Waals surface area contributed by atoms with Gasteiger partial charge in [-0.25, -0.2) is 9.97 Å². The van der Waals surface area contributed by atoms with E-state index in [1.807, 2.05) is 11.3 Å². The van der Waals surface area contributed by atoms with Gasteiger partial charge in [0.15, 0.2) is 0 Å². The van der Waals surface area contributed by atoms with Crippen LogP contribution in [0.3, 0.4) is 0 Å². The molecular weight excluding hydrogens is 627 g/mol. The van der Waals surface area contributed by atoms with Crippen molar-refractivity contribution in [3.8, 4) is 28.3 Å². The fraction of sp³-hybridized carbons (Fsp3) is 0. The number of nitrogens with zero attached hydrogens (tertiary/aromatic N) is 3. The molecule has 0 radical (unpaired) electrons. The summed E-state index contributed by atoms with van der Waals surface area (Å²) in [7, 11) is 0. The van der Waals surface area contributed by atoms with Crippen LogP contribution in [-0.2, 0) is 0 Å². The number of para-hydroxylation sites is 1. The predicted molar refractivity (Wildman–Crippen MR) is 213 cm³/mol. The summed E-state index contributed by atoms with van der Waals surface area (Å²) in [5.74, 6) is 0.670. The number of thiophene rings is 1. The van der Waals surface area contributed by atoms with Gasteiger partial charge in [0.1, 0.15) is 0 Å². The van der Waals surface area contributed by atoms with Gasteiger partial charge in [-0.05, 0) is 81.2 Å². The van der Waals surface area contributed by atoms with E-state index in [2.05, 4.69) is 168 Å². The summed E-state index contributed by atoms with van der Waals surface area (Å²) in [5.41, 5.74) is 7.52. The van der Waals surface area contributed by atoms with Gasteiger partial charge in [-0.2, -0.15) is 0 Å². The van der Waals surface area contributed by atoms with Gasteiger partial charge in [-0.1, -0.05) is 115 Å². The van der Waals surface area contributed by atoms with Crippen LogP contribution in [0.15, 0.2) is 164 Å². The van der Waals surface area contributed by atoms with Crippen molar-refractivity contribution in [2.75, 3.05) is 0 Å². The Morgan fingerprint density at radius 2 is 1.02 bits per heavy atom. The molecule has 0 amide bonds. The lowest BCUT2D eigenvalue weighted by Gasteiger charge is -2.12. The van der Waals surface area contributed by atoms with E-state index in [1.165, 1.54) is 63.6 Å². The molecule has 3 heterocycles. The van der Waals surface area contributed by atoms with Crippen molar-refractivity contribution in [2.24, 2.45) is 0 Å². The molecule has 4 heteroatoms. The smallest absolute Gasteiger partial charge is 0.235 e. The summed E-state index contributed by atoms with van der Waals surface area (Å²) in [5, 5.41) is 10.9. The normalized spacial score (nSPS) is 12.0. The predicted octanol–water partition coefficient (Wildman–Crippen LogP) is 12.7. The van der Waals surface area contributed by atoms with Crippen LogP contribution < -0.4 is 0 Å². The van der Waals surface area contributed by atoms with Crippen molar-refractivity contribution < 1.29 is 0 Å². The van der Waals surface area contributed by atoms with Gasteiger partial charge in [-0.3, -0.25) is 4.57 Å². The molecule has 0 saturated carbocycles. The number of fused-ring (bicyclic) bond motifs is 9. The molecular formula is C46H27N3S. The molecule has 0 fully saturated rings. The first-order chi connectivity index (χ1) is 24.7. The van der Waals surface area contributed by atoms with E-state index in [1.54, 1.807) is 0 Å². The van der Waals surface area contributed by atoms with Crippen LogP contribution in [0.4, 0.5) is 0 Å². The third-order valence-corrected chi connectivity index (χ3v) is 11.3. The highest BCUT2D eigenvalue weighted by molar-refractivity contribution is 7.25. The molecule has 0 spiro atoms. The molecule has 0 bridgehead atoms. The summed E-state index contributed by atoms with van der Waals surface area (Å²) in [6.45, 7) is 0. The molecule has 8 aromatic carbocycles. The average Bonchev–Trinajstić information content (AvgIpc) is 3.69. The highest BCUT2D eigenvalue weighted by Gasteiger charge is 2.19. The van der Waals surface area contributed by atoms with Crippen molar-refractivity contribution in [3.63, 3.8) is 0 Å². The fourth-order valence-electron chi connectivity index (χ4n) is 7.72. The Bertz CT molecular complexity index is 3150. The third-order valence-electron chi connectivity index (χ3n) is 10.1. The highest BCUT2D eigenvalue weighted by Crippen LogP contribution is 2.41. The Morgan fingerprint density at radius 1 is 0.380 bits per heavy atom. The van der Waals surface area contributed by atoms with Crippen LogP contribution in [-0.4, -0.2) is 14.5 Å². The van der Waals surface area contributed by atoms with Crippen molar-refractivity contribution in [1.82, 2.24) is 14.5 Å². The van der Waals surface area contributed by atoms with Gasteiger partial charge >= 0.3 is 0 Å². The van der Waals surface area contributed by atoms with E-state index >= 15 is 0 Å². The summed E-state index contributed by atoms with van der Waals surface area (Å²) < 4.78 is 4.82. The quantitative estimate of drug-likeness (QED) is 0.190. The Morgan fingerprint density at radius 3 is 1.84 bits per heavy atom. The Hall–Kier alpha value is -6.36. The van der Waals surface area contributed by atoms with Gasteiger partial charge in [0.05, 0.1) is 22.2 Å². The van der Waals surface area contributed by atoms with E-state index in [4.69, 9.17) is 9.97 Å². The summed E-state index contributed by atoms with van der Waals surface area (Å²) in [6.07, 6.45) is 0. The number of rotatable bonds is 3. The van der Waals surface area contributed by atoms with E-state index in [9.17, 15) is 0 Å². The van der Waals surface area contributed by atoms with Crippen molar-refractivity contribution in [3.05, 3.63) is 164 Å². The lowest BCUT2D eigenvalue weighted by Crippen LogP contribution is -2.03. The molecule has 0 N–H and O–H groups in total. The number of hydrogen-bond donors (Lipinski definition) is 0. The first-order valence-electron chi connectivity index (χ1n) is 16.9. The second kappa shape index (κ2) is 10.6. The van der Waals surface area contributed by atoms with Crippen LogP contribution >= 0.6 is 11.3 Å². The first-order valence-corrected chi connectivity index (χ1v) is 17.7. The Labute approximate surface area is 291 Å². The zero-order valence-corrected chi connectivity index (χ0v) is 27.7. The molecule has 0 aliphatic heterocycles. The Balaban J connectivity index is 1.17. The fourth-order valence-corrected chi connectivity index (χ4v) is 8.90. The van der Waals surface area contributed by atoms with Crippen LogP contribution in [0.2, 0.25) is 0 Å². The molecule has 0 unspecified atom stereocenters. The standard InChI is InChI=1S/C46H27N3S/c1-2-10-28(11-3-1)33-19-21-41-37(23-33)38-22-29-12-4-6-14-31(29)25-42(38)49(41)46-47-40-17-9-8-16-36(40)45(48-46)34-18-20-35-39-24-30-13-5-7-15-32(30)26-44(39)50-43(35)27-34/h1-27H. The zero-order valence-electron chi connectivity index (χ0n) is 26.8. The highest BCUT2D eigenvalue weighted by atomic mass is 32.1. The molecule has 0 saturated heterocycles. The molecule has 11 rings (SSSR count). The number of aromatic nitrogens is 3. The van der Waals surface area contributed by atoms with Gasteiger partial charge in [0.2, 0.25) is 5.95 Å². The van der Waals surface area contributed by atoms with Crippen LogP contribution in [0, 0.1) is 0 Å². The summed E-state index contributed by atoms with van der Waals surface area (Å²) in [6, 6.07) is 59.0. The van der Waals surface area contributed by atoms with Gasteiger partial charge in [-0.15, -0.1) is 11.3 Å². The molecule has 0 atom stereocenters. The van der Waals surface area contributed by atoms with E-state index in [0.29, 0.717) is 5.95 Å². The molecule has 3 nitrogen and oxygen atoms in total. The van der Waals surface area contributed by atoms with Gasteiger partial charge < -0.3 is 0 Å². The maximum Gasteiger partial charge on any atom is 0.235 e. The molecule has 3 aromatic heterocycles. The summed E-state index contributed by atoms with van der Waals surface area (Å²) >= 11 is 1.85. The third kappa shape index (κ3) is 4.16. The topological polar surface area (TPSA) is 30.7 Å². The van der Waals surface area contributed by atoms with Crippen LogP contribution in [0.1, 0.15) is 0 Å². The number of hydrogen-bond acceptors (Lipinski definition) is 3. The van der Waals surface area contributed by atoms with E-state index in [-0.39, 0.29) is 0 Å². The average molecular weight is 654 g/mol. The molecule has 0 aliphatic rings. The zero-order chi connectivity index (χ0) is 32.8. The van der Waals surface area contributed by atoms with Crippen LogP contribution in [0.25, 0.3) is 103 Å². The second-order valence-electron chi connectivity index (χ2n) is 13.0.